The summed E-state index contributed by atoms with van der Waals surface area (Å²) in [5.74, 6) is 0.630. The fourth-order valence-electron chi connectivity index (χ4n) is 4.43. The van der Waals surface area contributed by atoms with Crippen LogP contribution in [0.2, 0.25) is 0 Å². The summed E-state index contributed by atoms with van der Waals surface area (Å²) in [5, 5.41) is 80.4. The van der Waals surface area contributed by atoms with Crippen molar-refractivity contribution in [2.24, 2.45) is 0 Å². The Morgan fingerprint density at radius 1 is 0.632 bits per heavy atom. The zero-order valence-electron chi connectivity index (χ0n) is 20.9. The highest BCUT2D eigenvalue weighted by molar-refractivity contribution is 5.64. The Morgan fingerprint density at radius 2 is 0.947 bits per heavy atom. The van der Waals surface area contributed by atoms with Crippen LogP contribution in [0.4, 0.5) is 0 Å². The molecule has 0 saturated carbocycles. The van der Waals surface area contributed by atoms with Crippen LogP contribution in [0.1, 0.15) is 13.8 Å². The Labute approximate surface area is 218 Å². The third-order valence-corrected chi connectivity index (χ3v) is 7.05. The molecule has 8 N–H and O–H groups in total. The molecule has 10 unspecified atom stereocenters. The van der Waals surface area contributed by atoms with Gasteiger partial charge in [0, 0.05) is 0 Å². The minimum absolute atomic E-state index is 0.315. The number of benzene rings is 2. The number of ether oxygens (including phenoxy) is 4. The van der Waals surface area contributed by atoms with Gasteiger partial charge >= 0.3 is 0 Å². The number of rotatable bonds is 7. The smallest absolute Gasteiger partial charge is 0.231 e. The van der Waals surface area contributed by atoms with Crippen LogP contribution >= 0.6 is 0 Å². The summed E-state index contributed by atoms with van der Waals surface area (Å²) in [6.07, 6.45) is -11.1. The molecule has 0 aromatic heterocycles. The monoisotopic (exact) mass is 538 g/mol. The standard InChI is InChI=1S/C26H34O12/c1-25(33)21(31)19(29)17(11-27)37-23(25)35-15-7-3-13(4-8-15)14-5-9-16(10-6-14)36-24-26(2,34)22(32)20(30)18(12-28)38-24/h3-10,17-24,27-34H,11-12H2,1-2H3. The lowest BCUT2D eigenvalue weighted by Crippen LogP contribution is -2.66. The molecule has 0 spiro atoms. The van der Waals surface area contributed by atoms with Crippen LogP contribution in [0.15, 0.2) is 48.5 Å². The molecule has 12 heteroatoms. The largest absolute Gasteiger partial charge is 0.462 e. The molecule has 0 radical (unpaired) electrons. The van der Waals surface area contributed by atoms with Gasteiger partial charge < -0.3 is 59.8 Å². The maximum atomic E-state index is 10.6. The lowest BCUT2D eigenvalue weighted by atomic mass is 9.88. The van der Waals surface area contributed by atoms with Crippen LogP contribution in [0, 0.1) is 0 Å². The van der Waals surface area contributed by atoms with Crippen molar-refractivity contribution in [2.75, 3.05) is 13.2 Å². The summed E-state index contributed by atoms with van der Waals surface area (Å²) in [4.78, 5) is 0. The SMILES string of the molecule is CC1(O)C(Oc2ccc(-c3ccc(OC4OC(CO)C(O)C(O)C4(C)O)cc3)cc2)OC(CO)C(O)C1O. The normalized spacial score (nSPS) is 39.5. The van der Waals surface area contributed by atoms with Crippen molar-refractivity contribution in [1.29, 1.82) is 0 Å². The van der Waals surface area contributed by atoms with Crippen molar-refractivity contribution in [3.8, 4) is 22.6 Å². The number of aliphatic hydroxyl groups excluding tert-OH is 6. The van der Waals surface area contributed by atoms with E-state index >= 15 is 0 Å². The van der Waals surface area contributed by atoms with Crippen LogP contribution in [0.25, 0.3) is 11.1 Å². The first-order chi connectivity index (χ1) is 17.9. The van der Waals surface area contributed by atoms with E-state index in [1.807, 2.05) is 0 Å². The summed E-state index contributed by atoms with van der Waals surface area (Å²) < 4.78 is 22.3. The van der Waals surface area contributed by atoms with Crippen molar-refractivity contribution < 1.29 is 59.8 Å². The molecule has 0 aliphatic carbocycles. The molecule has 2 aromatic carbocycles. The summed E-state index contributed by atoms with van der Waals surface area (Å²) in [6.45, 7) is 1.40. The summed E-state index contributed by atoms with van der Waals surface area (Å²) in [6, 6.07) is 13.5. The van der Waals surface area contributed by atoms with Gasteiger partial charge in [-0.15, -0.1) is 0 Å². The molecule has 2 aromatic rings. The van der Waals surface area contributed by atoms with Gasteiger partial charge in [0.25, 0.3) is 0 Å². The molecule has 2 fully saturated rings. The predicted molar refractivity (Wildman–Crippen MR) is 130 cm³/mol. The van der Waals surface area contributed by atoms with Crippen LogP contribution in [0.3, 0.4) is 0 Å². The fourth-order valence-corrected chi connectivity index (χ4v) is 4.43. The van der Waals surface area contributed by atoms with Gasteiger partial charge in [-0.05, 0) is 49.2 Å². The van der Waals surface area contributed by atoms with Gasteiger partial charge in [0.15, 0.2) is 11.2 Å². The zero-order chi connectivity index (χ0) is 27.8. The van der Waals surface area contributed by atoms with Crippen LogP contribution in [-0.2, 0) is 9.47 Å². The molecule has 2 aliphatic rings. The average molecular weight is 539 g/mol. The van der Waals surface area contributed by atoms with Crippen molar-refractivity contribution in [2.45, 2.75) is 74.3 Å². The maximum absolute atomic E-state index is 10.6. The topological polar surface area (TPSA) is 199 Å². The van der Waals surface area contributed by atoms with Gasteiger partial charge in [-0.1, -0.05) is 24.3 Å². The molecule has 0 amide bonds. The van der Waals surface area contributed by atoms with Gasteiger partial charge in [0.2, 0.25) is 12.6 Å². The van der Waals surface area contributed by atoms with Gasteiger partial charge in [-0.25, -0.2) is 0 Å². The Bertz CT molecular complexity index is 971. The Kier molecular flexibility index (Phi) is 8.31. The van der Waals surface area contributed by atoms with E-state index in [2.05, 4.69) is 0 Å². The molecular formula is C26H34O12. The van der Waals surface area contributed by atoms with E-state index < -0.39 is 73.6 Å². The molecule has 2 saturated heterocycles. The number of hydrogen-bond acceptors (Lipinski definition) is 12. The third kappa shape index (κ3) is 5.38. The van der Waals surface area contributed by atoms with E-state index in [1.54, 1.807) is 48.5 Å². The Morgan fingerprint density at radius 3 is 1.24 bits per heavy atom. The first kappa shape index (κ1) is 28.6. The fraction of sp³-hybridized carbons (Fsp3) is 0.538. The van der Waals surface area contributed by atoms with E-state index in [0.717, 1.165) is 11.1 Å². The number of aliphatic hydroxyl groups is 8. The highest BCUT2D eigenvalue weighted by atomic mass is 16.7. The average Bonchev–Trinajstić information content (AvgIpc) is 2.90. The quantitative estimate of drug-likeness (QED) is 0.203. The minimum atomic E-state index is -1.93. The number of hydrogen-bond donors (Lipinski definition) is 8. The molecule has 210 valence electrons. The molecule has 2 aliphatic heterocycles. The Balaban J connectivity index is 1.43. The van der Waals surface area contributed by atoms with E-state index in [9.17, 15) is 40.9 Å². The second-order valence-corrected chi connectivity index (χ2v) is 9.99. The summed E-state index contributed by atoms with van der Waals surface area (Å²) in [5.41, 5.74) is -2.28. The van der Waals surface area contributed by atoms with E-state index in [4.69, 9.17) is 18.9 Å². The van der Waals surface area contributed by atoms with E-state index in [0.29, 0.717) is 11.5 Å². The predicted octanol–water partition coefficient (Wildman–Crippen LogP) is -1.51. The van der Waals surface area contributed by atoms with Crippen LogP contribution in [-0.4, -0.2) is 114 Å². The van der Waals surface area contributed by atoms with Crippen LogP contribution in [0.5, 0.6) is 11.5 Å². The Hall–Kier alpha value is -2.36. The lowest BCUT2D eigenvalue weighted by molar-refractivity contribution is -0.314. The van der Waals surface area contributed by atoms with Crippen molar-refractivity contribution >= 4 is 0 Å². The van der Waals surface area contributed by atoms with E-state index in [1.165, 1.54) is 13.8 Å². The summed E-state index contributed by atoms with van der Waals surface area (Å²) in [7, 11) is 0. The van der Waals surface area contributed by atoms with Gasteiger partial charge in [-0.3, -0.25) is 0 Å². The first-order valence-electron chi connectivity index (χ1n) is 12.1. The molecular weight excluding hydrogens is 504 g/mol. The summed E-state index contributed by atoms with van der Waals surface area (Å²) >= 11 is 0. The molecule has 12 nitrogen and oxygen atoms in total. The van der Waals surface area contributed by atoms with Gasteiger partial charge in [0.05, 0.1) is 13.2 Å². The molecule has 4 rings (SSSR count). The van der Waals surface area contributed by atoms with E-state index in [-0.39, 0.29) is 0 Å². The first-order valence-corrected chi connectivity index (χ1v) is 12.1. The van der Waals surface area contributed by atoms with Crippen LogP contribution < -0.4 is 9.47 Å². The van der Waals surface area contributed by atoms with Gasteiger partial charge in [0.1, 0.15) is 48.1 Å². The van der Waals surface area contributed by atoms with Crippen molar-refractivity contribution in [1.82, 2.24) is 0 Å². The minimum Gasteiger partial charge on any atom is -0.462 e. The molecule has 10 atom stereocenters. The highest BCUT2D eigenvalue weighted by Gasteiger charge is 2.54. The maximum Gasteiger partial charge on any atom is 0.231 e. The van der Waals surface area contributed by atoms with Gasteiger partial charge in [-0.2, -0.15) is 0 Å². The van der Waals surface area contributed by atoms with Crippen molar-refractivity contribution in [3.05, 3.63) is 48.5 Å². The third-order valence-electron chi connectivity index (χ3n) is 7.05. The highest BCUT2D eigenvalue weighted by Crippen LogP contribution is 2.34. The molecule has 2 heterocycles. The molecule has 0 bridgehead atoms. The molecule has 38 heavy (non-hydrogen) atoms. The zero-order valence-corrected chi connectivity index (χ0v) is 20.9. The second-order valence-electron chi connectivity index (χ2n) is 9.99. The lowest BCUT2D eigenvalue weighted by Gasteiger charge is -2.45. The van der Waals surface area contributed by atoms with Crippen molar-refractivity contribution in [3.63, 3.8) is 0 Å². The second kappa shape index (κ2) is 11.0.